The first-order valence-corrected chi connectivity index (χ1v) is 19.0. The smallest absolute Gasteiger partial charge is 0.407 e. The van der Waals surface area contributed by atoms with Gasteiger partial charge in [0.2, 0.25) is 23.6 Å². The second-order valence-corrected chi connectivity index (χ2v) is 12.9. The van der Waals surface area contributed by atoms with Crippen molar-refractivity contribution in [3.05, 3.63) is 95.6 Å². The fourth-order valence-electron chi connectivity index (χ4n) is 5.90. The molecule has 1 atom stereocenters. The molecule has 4 rings (SSSR count). The van der Waals surface area contributed by atoms with Crippen LogP contribution >= 0.6 is 0 Å². The predicted octanol–water partition coefficient (Wildman–Crippen LogP) is 1.14. The van der Waals surface area contributed by atoms with E-state index in [1.165, 1.54) is 11.1 Å². The van der Waals surface area contributed by atoms with Gasteiger partial charge in [0.25, 0.3) is 0 Å². The Bertz CT molecular complexity index is 1750. The number of amides is 5. The first-order valence-electron chi connectivity index (χ1n) is 19.0. The van der Waals surface area contributed by atoms with Crippen molar-refractivity contribution in [3.63, 3.8) is 0 Å². The van der Waals surface area contributed by atoms with Crippen LogP contribution in [0.5, 0.6) is 0 Å². The summed E-state index contributed by atoms with van der Waals surface area (Å²) < 4.78 is 27.3. The number of benzene rings is 3. The minimum atomic E-state index is -1.23. The lowest BCUT2D eigenvalue weighted by Crippen LogP contribution is -2.51. The maximum absolute atomic E-state index is 12.5. The Hall–Kier alpha value is -5.88. The molecule has 0 heterocycles. The molecule has 0 unspecified atom stereocenters. The Balaban J connectivity index is 0.919. The van der Waals surface area contributed by atoms with Gasteiger partial charge in [-0.2, -0.15) is 0 Å². The molecule has 1 aliphatic rings. The molecule has 0 saturated carbocycles. The summed E-state index contributed by atoms with van der Waals surface area (Å²) in [6.45, 7) is 1.47. The average Bonchev–Trinajstić information content (AvgIpc) is 3.55. The summed E-state index contributed by atoms with van der Waals surface area (Å²) in [5, 5.41) is 21.1. The summed E-state index contributed by atoms with van der Waals surface area (Å²) >= 11 is 0. The Morgan fingerprint density at radius 3 is 1.72 bits per heavy atom. The second kappa shape index (κ2) is 25.4. The van der Waals surface area contributed by atoms with Crippen molar-refractivity contribution < 1.29 is 57.6 Å². The molecule has 1 aliphatic carbocycles. The minimum absolute atomic E-state index is 0.000145. The molecule has 0 spiro atoms. The van der Waals surface area contributed by atoms with Crippen molar-refractivity contribution in [1.82, 2.24) is 26.6 Å². The zero-order valence-corrected chi connectivity index (χ0v) is 32.2. The molecule has 6 N–H and O–H groups in total. The lowest BCUT2D eigenvalue weighted by molar-refractivity contribution is -0.138. The van der Waals surface area contributed by atoms with Gasteiger partial charge in [-0.3, -0.25) is 24.0 Å². The summed E-state index contributed by atoms with van der Waals surface area (Å²) in [4.78, 5) is 72.2. The molecule has 312 valence electrons. The summed E-state index contributed by atoms with van der Waals surface area (Å²) in [7, 11) is 0. The van der Waals surface area contributed by atoms with Crippen LogP contribution in [-0.2, 0) is 54.1 Å². The van der Waals surface area contributed by atoms with Gasteiger partial charge < -0.3 is 55.4 Å². The van der Waals surface area contributed by atoms with Crippen LogP contribution in [0, 0.1) is 0 Å². The quantitative estimate of drug-likeness (QED) is 0.0597. The number of rotatable bonds is 27. The van der Waals surface area contributed by atoms with E-state index in [1.807, 2.05) is 24.3 Å². The van der Waals surface area contributed by atoms with Crippen LogP contribution in [-0.4, -0.2) is 132 Å². The fraction of sp³-hybridized carbons (Fsp3) is 0.415. The SMILES string of the molecule is O=C(O)CNC(=O)[C@H](Cc1ccccc1)NC(=O)CNC(=O)CNC(=O)CCOCCOCCOCCOCCNC(=O)OCC1c2ccccc2-c2ccccc21. The molecule has 17 nitrogen and oxygen atoms in total. The van der Waals surface area contributed by atoms with Crippen LogP contribution in [0.1, 0.15) is 29.0 Å². The van der Waals surface area contributed by atoms with E-state index in [1.54, 1.807) is 30.3 Å². The van der Waals surface area contributed by atoms with Gasteiger partial charge in [-0.15, -0.1) is 0 Å². The van der Waals surface area contributed by atoms with Crippen LogP contribution in [0.2, 0.25) is 0 Å². The van der Waals surface area contributed by atoms with Crippen molar-refractivity contribution in [2.75, 3.05) is 85.6 Å². The number of aliphatic carboxylic acids is 1. The number of carbonyl (C=O) groups is 6. The van der Waals surface area contributed by atoms with E-state index in [0.717, 1.165) is 16.7 Å². The molecule has 0 bridgehead atoms. The third-order valence-corrected chi connectivity index (χ3v) is 8.69. The zero-order chi connectivity index (χ0) is 41.4. The largest absolute Gasteiger partial charge is 0.480 e. The van der Waals surface area contributed by atoms with Gasteiger partial charge in [-0.1, -0.05) is 78.9 Å². The van der Waals surface area contributed by atoms with E-state index in [2.05, 4.69) is 50.8 Å². The molecule has 58 heavy (non-hydrogen) atoms. The molecule has 0 aromatic heterocycles. The van der Waals surface area contributed by atoms with Gasteiger partial charge in [-0.25, -0.2) is 4.79 Å². The standard InChI is InChI=1S/C41H51N5O12/c47-36(43-25-37(48)44-26-38(49)46-35(40(52)45-27-39(50)51)24-29-8-2-1-3-9-29)14-16-54-18-20-56-22-23-57-21-19-55-17-15-42-41(53)58-28-34-32-12-6-4-10-30(32)31-11-5-7-13-33(31)34/h1-13,34-35H,14-28H2,(H,42,53)(H,43,47)(H,44,48)(H,45,52)(H,46,49)(H,50,51)/t35-/m0/s1. The molecule has 0 fully saturated rings. The van der Waals surface area contributed by atoms with Gasteiger partial charge in [0, 0.05) is 25.3 Å². The zero-order valence-electron chi connectivity index (χ0n) is 32.2. The maximum atomic E-state index is 12.5. The van der Waals surface area contributed by atoms with E-state index >= 15 is 0 Å². The lowest BCUT2D eigenvalue weighted by atomic mass is 9.98. The van der Waals surface area contributed by atoms with Crippen molar-refractivity contribution in [2.45, 2.75) is 24.8 Å². The number of nitrogens with one attached hydrogen (secondary N) is 5. The van der Waals surface area contributed by atoms with E-state index in [9.17, 15) is 28.8 Å². The van der Waals surface area contributed by atoms with Crippen LogP contribution in [0.3, 0.4) is 0 Å². The molecule has 0 aliphatic heterocycles. The number of ether oxygens (including phenoxy) is 5. The summed E-state index contributed by atoms with van der Waals surface area (Å²) in [6, 6.07) is 24.1. The number of fused-ring (bicyclic) bond motifs is 3. The third-order valence-electron chi connectivity index (χ3n) is 8.69. The van der Waals surface area contributed by atoms with Crippen LogP contribution in [0.15, 0.2) is 78.9 Å². The van der Waals surface area contributed by atoms with Crippen molar-refractivity contribution in [2.24, 2.45) is 0 Å². The Morgan fingerprint density at radius 1 is 0.569 bits per heavy atom. The fourth-order valence-corrected chi connectivity index (χ4v) is 5.90. The third kappa shape index (κ3) is 16.3. The van der Waals surface area contributed by atoms with Gasteiger partial charge in [0.05, 0.1) is 65.9 Å². The number of alkyl carbamates (subject to hydrolysis) is 1. The van der Waals surface area contributed by atoms with E-state index in [4.69, 9.17) is 28.8 Å². The van der Waals surface area contributed by atoms with Crippen LogP contribution in [0.4, 0.5) is 4.79 Å². The number of carboxylic acids is 1. The van der Waals surface area contributed by atoms with Gasteiger partial charge >= 0.3 is 12.1 Å². The monoisotopic (exact) mass is 805 g/mol. The Kier molecular flexibility index (Phi) is 19.6. The van der Waals surface area contributed by atoms with Crippen LogP contribution < -0.4 is 26.6 Å². The highest BCUT2D eigenvalue weighted by Crippen LogP contribution is 2.44. The second-order valence-electron chi connectivity index (χ2n) is 12.9. The molecular weight excluding hydrogens is 754 g/mol. The van der Waals surface area contributed by atoms with Gasteiger partial charge in [0.1, 0.15) is 19.2 Å². The van der Waals surface area contributed by atoms with Crippen molar-refractivity contribution >= 4 is 35.7 Å². The molecule has 0 saturated heterocycles. The van der Waals surface area contributed by atoms with Crippen LogP contribution in [0.25, 0.3) is 11.1 Å². The number of carboxylic acid groups (broad SMARTS) is 1. The van der Waals surface area contributed by atoms with E-state index < -0.39 is 54.8 Å². The first kappa shape index (κ1) is 44.8. The number of carbonyl (C=O) groups excluding carboxylic acids is 5. The number of hydrogen-bond acceptors (Lipinski definition) is 11. The van der Waals surface area contributed by atoms with Crippen molar-refractivity contribution in [3.8, 4) is 11.1 Å². The Morgan fingerprint density at radius 2 is 1.10 bits per heavy atom. The minimum Gasteiger partial charge on any atom is -0.480 e. The highest BCUT2D eigenvalue weighted by Gasteiger charge is 2.29. The molecule has 5 amide bonds. The van der Waals surface area contributed by atoms with Gasteiger partial charge in [-0.05, 0) is 27.8 Å². The highest BCUT2D eigenvalue weighted by molar-refractivity contribution is 5.92. The maximum Gasteiger partial charge on any atom is 0.407 e. The van der Waals surface area contributed by atoms with E-state index in [-0.39, 0.29) is 45.1 Å². The van der Waals surface area contributed by atoms with Gasteiger partial charge in [0.15, 0.2) is 0 Å². The van der Waals surface area contributed by atoms with E-state index in [0.29, 0.717) is 46.2 Å². The first-order chi connectivity index (χ1) is 28.2. The topological polar surface area (TPSA) is 229 Å². The molecule has 0 radical (unpaired) electrons. The predicted molar refractivity (Wildman–Crippen MR) is 210 cm³/mol. The average molecular weight is 806 g/mol. The summed E-state index contributed by atoms with van der Waals surface area (Å²) in [5.41, 5.74) is 5.39. The highest BCUT2D eigenvalue weighted by atomic mass is 16.6. The molecule has 17 heteroatoms. The molecular formula is C41H51N5O12. The lowest BCUT2D eigenvalue weighted by Gasteiger charge is -2.18. The molecule has 3 aromatic carbocycles. The number of hydrogen-bond donors (Lipinski definition) is 6. The summed E-state index contributed by atoms with van der Waals surface area (Å²) in [6.07, 6.45) is -0.382. The Labute approximate surface area is 336 Å². The molecule has 3 aromatic rings. The normalized spacial score (nSPS) is 12.1. The van der Waals surface area contributed by atoms with Crippen molar-refractivity contribution in [1.29, 1.82) is 0 Å². The summed E-state index contributed by atoms with van der Waals surface area (Å²) in [5.74, 6) is -3.64.